The summed E-state index contributed by atoms with van der Waals surface area (Å²) in [7, 11) is 1.84. The number of hydrogen-bond donors (Lipinski definition) is 1. The van der Waals surface area contributed by atoms with Gasteiger partial charge in [0.05, 0.1) is 0 Å². The Morgan fingerprint density at radius 2 is 1.88 bits per heavy atom. The zero-order valence-electron chi connectivity index (χ0n) is 10.3. The monoisotopic (exact) mass is 221 g/mol. The Balaban J connectivity index is 2.84. The molecular weight excluding hydrogens is 202 g/mol. The number of carboxylic acids is 1. The second kappa shape index (κ2) is 5.12. The van der Waals surface area contributed by atoms with E-state index in [-0.39, 0.29) is 0 Å². The van der Waals surface area contributed by atoms with Gasteiger partial charge in [0.25, 0.3) is 0 Å². The van der Waals surface area contributed by atoms with Crippen LogP contribution in [0.2, 0.25) is 0 Å². The van der Waals surface area contributed by atoms with Crippen molar-refractivity contribution in [2.75, 3.05) is 7.05 Å². The van der Waals surface area contributed by atoms with Gasteiger partial charge in [-0.05, 0) is 44.5 Å². The van der Waals surface area contributed by atoms with Crippen LogP contribution in [0.4, 0.5) is 0 Å². The molecule has 0 amide bonds. The summed E-state index contributed by atoms with van der Waals surface area (Å²) in [4.78, 5) is 12.7. The van der Waals surface area contributed by atoms with Crippen molar-refractivity contribution in [3.8, 4) is 0 Å². The highest BCUT2D eigenvalue weighted by atomic mass is 16.4. The number of nitrogens with zero attached hydrogens (tertiary/aromatic N) is 1. The molecule has 1 aromatic carbocycles. The highest BCUT2D eigenvalue weighted by Crippen LogP contribution is 2.16. The maximum absolute atomic E-state index is 10.9. The predicted octanol–water partition coefficient (Wildman–Crippen LogP) is 2.21. The molecule has 1 aromatic rings. The lowest BCUT2D eigenvalue weighted by Gasteiger charge is -2.23. The van der Waals surface area contributed by atoms with E-state index in [1.807, 2.05) is 18.0 Å². The Morgan fingerprint density at radius 1 is 1.38 bits per heavy atom. The number of carboxylic acid groups (broad SMARTS) is 1. The molecule has 0 aromatic heterocycles. The van der Waals surface area contributed by atoms with Crippen molar-refractivity contribution in [3.05, 3.63) is 34.9 Å². The van der Waals surface area contributed by atoms with Gasteiger partial charge in [-0.25, -0.2) is 0 Å². The first-order chi connectivity index (χ1) is 7.43. The number of aliphatic carboxylic acids is 1. The second-order valence-corrected chi connectivity index (χ2v) is 4.30. The SMILES string of the molecule is Cc1cccc(C)c1CN(C)C(C)C(=O)O. The largest absolute Gasteiger partial charge is 0.480 e. The number of rotatable bonds is 4. The van der Waals surface area contributed by atoms with Crippen LogP contribution in [0, 0.1) is 13.8 Å². The molecule has 1 N–H and O–H groups in total. The second-order valence-electron chi connectivity index (χ2n) is 4.30. The van der Waals surface area contributed by atoms with Gasteiger partial charge in [-0.3, -0.25) is 9.69 Å². The van der Waals surface area contributed by atoms with Gasteiger partial charge in [0, 0.05) is 6.54 Å². The fourth-order valence-electron chi connectivity index (χ4n) is 1.67. The van der Waals surface area contributed by atoms with Crippen LogP contribution in [0.3, 0.4) is 0 Å². The number of hydrogen-bond acceptors (Lipinski definition) is 2. The Hall–Kier alpha value is -1.35. The van der Waals surface area contributed by atoms with E-state index >= 15 is 0 Å². The lowest BCUT2D eigenvalue weighted by Crippen LogP contribution is -2.35. The van der Waals surface area contributed by atoms with Crippen molar-refractivity contribution in [1.29, 1.82) is 0 Å². The minimum Gasteiger partial charge on any atom is -0.480 e. The molecule has 0 spiro atoms. The van der Waals surface area contributed by atoms with Gasteiger partial charge in [0.1, 0.15) is 6.04 Å². The van der Waals surface area contributed by atoms with E-state index in [1.165, 1.54) is 16.7 Å². The van der Waals surface area contributed by atoms with E-state index in [9.17, 15) is 4.79 Å². The van der Waals surface area contributed by atoms with E-state index in [0.717, 1.165) is 0 Å². The van der Waals surface area contributed by atoms with Gasteiger partial charge in [0.15, 0.2) is 0 Å². The normalized spacial score (nSPS) is 12.8. The molecular formula is C13H19NO2. The van der Waals surface area contributed by atoms with Crippen LogP contribution in [-0.4, -0.2) is 29.1 Å². The van der Waals surface area contributed by atoms with Gasteiger partial charge in [-0.2, -0.15) is 0 Å². The molecule has 0 saturated heterocycles. The molecule has 1 unspecified atom stereocenters. The molecule has 0 saturated carbocycles. The van der Waals surface area contributed by atoms with E-state index in [0.29, 0.717) is 6.54 Å². The average molecular weight is 221 g/mol. The van der Waals surface area contributed by atoms with Gasteiger partial charge >= 0.3 is 5.97 Å². The van der Waals surface area contributed by atoms with Gasteiger partial charge < -0.3 is 5.11 Å². The topological polar surface area (TPSA) is 40.5 Å². The smallest absolute Gasteiger partial charge is 0.320 e. The lowest BCUT2D eigenvalue weighted by atomic mass is 10.0. The molecule has 1 atom stereocenters. The van der Waals surface area contributed by atoms with E-state index < -0.39 is 12.0 Å². The molecule has 0 bridgehead atoms. The van der Waals surface area contributed by atoms with Crippen LogP contribution in [0.5, 0.6) is 0 Å². The van der Waals surface area contributed by atoms with Crippen LogP contribution in [0.15, 0.2) is 18.2 Å². The third kappa shape index (κ3) is 2.83. The molecule has 1 rings (SSSR count). The molecule has 0 fully saturated rings. The molecule has 16 heavy (non-hydrogen) atoms. The van der Waals surface area contributed by atoms with Gasteiger partial charge in [0.2, 0.25) is 0 Å². The van der Waals surface area contributed by atoms with E-state index in [1.54, 1.807) is 6.92 Å². The Morgan fingerprint density at radius 3 is 2.31 bits per heavy atom. The minimum atomic E-state index is -0.784. The number of likely N-dealkylation sites (N-methyl/N-ethyl adjacent to an activating group) is 1. The molecule has 3 heteroatoms. The quantitative estimate of drug-likeness (QED) is 0.847. The minimum absolute atomic E-state index is 0.459. The maximum atomic E-state index is 10.9. The Kier molecular flexibility index (Phi) is 4.07. The number of carbonyl (C=O) groups is 1. The molecule has 88 valence electrons. The van der Waals surface area contributed by atoms with E-state index in [2.05, 4.69) is 26.0 Å². The van der Waals surface area contributed by atoms with Crippen molar-refractivity contribution in [2.45, 2.75) is 33.4 Å². The fraction of sp³-hybridized carbons (Fsp3) is 0.462. The molecule has 0 aliphatic carbocycles. The van der Waals surface area contributed by atoms with Gasteiger partial charge in [-0.1, -0.05) is 18.2 Å². The third-order valence-corrected chi connectivity index (χ3v) is 3.07. The number of benzene rings is 1. The fourth-order valence-corrected chi connectivity index (χ4v) is 1.67. The summed E-state index contributed by atoms with van der Waals surface area (Å²) < 4.78 is 0. The summed E-state index contributed by atoms with van der Waals surface area (Å²) in [5.41, 5.74) is 3.65. The van der Waals surface area contributed by atoms with Crippen molar-refractivity contribution >= 4 is 5.97 Å². The summed E-state index contributed by atoms with van der Waals surface area (Å²) in [5, 5.41) is 8.93. The lowest BCUT2D eigenvalue weighted by molar-refractivity contribution is -0.142. The molecule has 0 aliphatic heterocycles. The Labute approximate surface area is 96.7 Å². The third-order valence-electron chi connectivity index (χ3n) is 3.07. The first-order valence-electron chi connectivity index (χ1n) is 5.41. The summed E-state index contributed by atoms with van der Waals surface area (Å²) in [6.07, 6.45) is 0. The highest BCUT2D eigenvalue weighted by molar-refractivity contribution is 5.72. The standard InChI is InChI=1S/C13H19NO2/c1-9-6-5-7-10(2)12(9)8-14(4)11(3)13(15)16/h5-7,11H,8H2,1-4H3,(H,15,16). The van der Waals surface area contributed by atoms with Crippen LogP contribution in [0.1, 0.15) is 23.6 Å². The molecule has 0 heterocycles. The zero-order chi connectivity index (χ0) is 12.3. The summed E-state index contributed by atoms with van der Waals surface area (Å²) in [6, 6.07) is 5.68. The van der Waals surface area contributed by atoms with Crippen molar-refractivity contribution in [1.82, 2.24) is 4.90 Å². The predicted molar refractivity (Wildman–Crippen MR) is 64.5 cm³/mol. The molecule has 0 aliphatic rings. The van der Waals surface area contributed by atoms with Crippen LogP contribution in [0.25, 0.3) is 0 Å². The highest BCUT2D eigenvalue weighted by Gasteiger charge is 2.17. The molecule has 3 nitrogen and oxygen atoms in total. The van der Waals surface area contributed by atoms with Gasteiger partial charge in [-0.15, -0.1) is 0 Å². The summed E-state index contributed by atoms with van der Waals surface area (Å²) in [5.74, 6) is -0.784. The van der Waals surface area contributed by atoms with Crippen LogP contribution >= 0.6 is 0 Å². The van der Waals surface area contributed by atoms with Crippen LogP contribution in [-0.2, 0) is 11.3 Å². The maximum Gasteiger partial charge on any atom is 0.320 e. The Bertz CT molecular complexity index is 367. The molecule has 0 radical (unpaired) electrons. The summed E-state index contributed by atoms with van der Waals surface area (Å²) >= 11 is 0. The van der Waals surface area contributed by atoms with Crippen molar-refractivity contribution < 1.29 is 9.90 Å². The zero-order valence-corrected chi connectivity index (χ0v) is 10.3. The first-order valence-corrected chi connectivity index (χ1v) is 5.41. The van der Waals surface area contributed by atoms with E-state index in [4.69, 9.17) is 5.11 Å². The average Bonchev–Trinajstić information content (AvgIpc) is 2.22. The van der Waals surface area contributed by atoms with Crippen molar-refractivity contribution in [2.24, 2.45) is 0 Å². The van der Waals surface area contributed by atoms with Crippen molar-refractivity contribution in [3.63, 3.8) is 0 Å². The summed E-state index contributed by atoms with van der Waals surface area (Å²) in [6.45, 7) is 6.49. The first kappa shape index (κ1) is 12.7. The van der Waals surface area contributed by atoms with Crippen LogP contribution < -0.4 is 0 Å². The number of aryl methyl sites for hydroxylation is 2.